The minimum Gasteiger partial charge on any atom is -0.494 e. The molecule has 0 aliphatic carbocycles. The summed E-state index contributed by atoms with van der Waals surface area (Å²) in [5.41, 5.74) is 6.13. The van der Waals surface area contributed by atoms with Crippen LogP contribution >= 0.6 is 0 Å². The van der Waals surface area contributed by atoms with Crippen LogP contribution in [-0.4, -0.2) is 54.5 Å². The molecule has 1 aliphatic heterocycles. The van der Waals surface area contributed by atoms with Crippen LogP contribution < -0.4 is 4.74 Å². The van der Waals surface area contributed by atoms with Crippen molar-refractivity contribution < 1.29 is 19.4 Å². The molecule has 2 heterocycles. The fourth-order valence-electron chi connectivity index (χ4n) is 4.42. The number of aromatic nitrogens is 1. The van der Waals surface area contributed by atoms with Crippen molar-refractivity contribution in [1.82, 2.24) is 9.88 Å². The Kier molecular flexibility index (Phi) is 6.01. The molecule has 0 spiro atoms. The van der Waals surface area contributed by atoms with Crippen molar-refractivity contribution in [3.63, 3.8) is 0 Å². The van der Waals surface area contributed by atoms with Crippen LogP contribution in [0.1, 0.15) is 32.6 Å². The maximum Gasteiger partial charge on any atom is 0.337 e. The van der Waals surface area contributed by atoms with Gasteiger partial charge < -0.3 is 24.5 Å². The Morgan fingerprint density at radius 1 is 1.09 bits per heavy atom. The van der Waals surface area contributed by atoms with E-state index in [1.807, 2.05) is 38.4 Å². The highest BCUT2D eigenvalue weighted by Crippen LogP contribution is 2.34. The molecular formula is C28H27N3O4. The fraction of sp³-hybridized carbons (Fsp3) is 0.214. The standard InChI is InChI=1S/C28H27N3O4/c1-31(2)16-17-4-9-21(10-5-17)29-26(19-7-6-18-12-13-35-24(18)15-19)25-22-11-8-20(28(33)34-3)14-23(22)30-27(25)32/h4-11,14-15,30,32H,12-13,16H2,1-3H3. The number of nitrogens with one attached hydrogen (secondary N) is 1. The molecule has 0 saturated carbocycles. The lowest BCUT2D eigenvalue weighted by atomic mass is 9.98. The van der Waals surface area contributed by atoms with Crippen molar-refractivity contribution in [1.29, 1.82) is 0 Å². The summed E-state index contributed by atoms with van der Waals surface area (Å²) in [4.78, 5) is 22.1. The number of hydrogen-bond acceptors (Lipinski definition) is 6. The second kappa shape index (κ2) is 9.27. The highest BCUT2D eigenvalue weighted by Gasteiger charge is 2.22. The lowest BCUT2D eigenvalue weighted by molar-refractivity contribution is 0.0601. The van der Waals surface area contributed by atoms with Crippen LogP contribution in [0.15, 0.2) is 65.7 Å². The summed E-state index contributed by atoms with van der Waals surface area (Å²) in [7, 11) is 5.41. The summed E-state index contributed by atoms with van der Waals surface area (Å²) in [5.74, 6) is 0.375. The van der Waals surface area contributed by atoms with Gasteiger partial charge in [0, 0.05) is 29.4 Å². The summed E-state index contributed by atoms with van der Waals surface area (Å²) in [6, 6.07) is 19.2. The predicted molar refractivity (Wildman–Crippen MR) is 136 cm³/mol. The number of H-pyrrole nitrogens is 1. The lowest BCUT2D eigenvalue weighted by Gasteiger charge is -2.11. The Hall–Kier alpha value is -4.10. The van der Waals surface area contributed by atoms with Crippen LogP contribution in [-0.2, 0) is 17.7 Å². The molecule has 0 fully saturated rings. The van der Waals surface area contributed by atoms with E-state index in [1.54, 1.807) is 18.2 Å². The van der Waals surface area contributed by atoms with Gasteiger partial charge in [-0.3, -0.25) is 0 Å². The fourth-order valence-corrected chi connectivity index (χ4v) is 4.42. The number of fused-ring (bicyclic) bond motifs is 2. The average Bonchev–Trinajstić information content (AvgIpc) is 3.45. The van der Waals surface area contributed by atoms with Crippen molar-refractivity contribution in [2.24, 2.45) is 4.99 Å². The van der Waals surface area contributed by atoms with Crippen molar-refractivity contribution in [2.75, 3.05) is 27.8 Å². The first-order valence-corrected chi connectivity index (χ1v) is 11.4. The summed E-state index contributed by atoms with van der Waals surface area (Å²) < 4.78 is 10.6. The Balaban J connectivity index is 1.66. The van der Waals surface area contributed by atoms with Gasteiger partial charge in [-0.1, -0.05) is 30.3 Å². The topological polar surface area (TPSA) is 87.2 Å². The van der Waals surface area contributed by atoms with Gasteiger partial charge in [0.2, 0.25) is 0 Å². The molecule has 0 radical (unpaired) electrons. The lowest BCUT2D eigenvalue weighted by Crippen LogP contribution is -2.10. The quantitative estimate of drug-likeness (QED) is 0.312. The van der Waals surface area contributed by atoms with Gasteiger partial charge in [0.05, 0.1) is 36.2 Å². The molecule has 0 bridgehead atoms. The van der Waals surface area contributed by atoms with Gasteiger partial charge in [-0.15, -0.1) is 0 Å². The number of aliphatic imine (C=N–C) groups is 1. The van der Waals surface area contributed by atoms with Gasteiger partial charge in [0.15, 0.2) is 5.88 Å². The van der Waals surface area contributed by atoms with Crippen molar-refractivity contribution >= 4 is 28.3 Å². The van der Waals surface area contributed by atoms with Crippen LogP contribution in [0.25, 0.3) is 10.9 Å². The molecule has 4 aromatic rings. The van der Waals surface area contributed by atoms with Gasteiger partial charge in [-0.05, 0) is 55.6 Å². The van der Waals surface area contributed by atoms with E-state index < -0.39 is 5.97 Å². The molecule has 7 nitrogen and oxygen atoms in total. The molecule has 35 heavy (non-hydrogen) atoms. The van der Waals surface area contributed by atoms with Crippen molar-refractivity contribution in [3.8, 4) is 11.6 Å². The van der Waals surface area contributed by atoms with Gasteiger partial charge in [0.1, 0.15) is 5.75 Å². The molecule has 0 unspecified atom stereocenters. The van der Waals surface area contributed by atoms with Crippen LogP contribution in [0.2, 0.25) is 0 Å². The first-order chi connectivity index (χ1) is 16.9. The number of carbonyl (C=O) groups is 1. The van der Waals surface area contributed by atoms with E-state index in [4.69, 9.17) is 14.5 Å². The molecule has 178 valence electrons. The number of carbonyl (C=O) groups excluding carboxylic acids is 1. The minimum absolute atomic E-state index is 0.0218. The molecule has 3 aromatic carbocycles. The van der Waals surface area contributed by atoms with Crippen molar-refractivity contribution in [2.45, 2.75) is 13.0 Å². The van der Waals surface area contributed by atoms with Crippen LogP contribution in [0.4, 0.5) is 5.69 Å². The number of hydrogen-bond donors (Lipinski definition) is 2. The van der Waals surface area contributed by atoms with Crippen molar-refractivity contribution in [3.05, 3.63) is 88.5 Å². The monoisotopic (exact) mass is 469 g/mol. The average molecular weight is 470 g/mol. The third-order valence-corrected chi connectivity index (χ3v) is 6.08. The molecule has 5 rings (SSSR count). The van der Waals surface area contributed by atoms with E-state index in [1.165, 1.54) is 12.7 Å². The smallest absolute Gasteiger partial charge is 0.337 e. The Bertz CT molecular complexity index is 1430. The first kappa shape index (κ1) is 22.7. The number of methoxy groups -OCH3 is 1. The van der Waals surface area contributed by atoms with E-state index >= 15 is 0 Å². The zero-order chi connectivity index (χ0) is 24.5. The van der Waals surface area contributed by atoms with Gasteiger partial charge in [0.25, 0.3) is 0 Å². The molecule has 0 atom stereocenters. The van der Waals surface area contributed by atoms with E-state index in [9.17, 15) is 9.90 Å². The third-order valence-electron chi connectivity index (χ3n) is 6.08. The largest absolute Gasteiger partial charge is 0.494 e. The molecule has 7 heteroatoms. The zero-order valence-electron chi connectivity index (χ0n) is 20.0. The first-order valence-electron chi connectivity index (χ1n) is 11.4. The predicted octanol–water partition coefficient (Wildman–Crippen LogP) is 4.83. The summed E-state index contributed by atoms with van der Waals surface area (Å²) in [6.45, 7) is 1.50. The Labute approximate surface area is 203 Å². The number of nitrogens with zero attached hydrogens (tertiary/aromatic N) is 2. The summed E-state index contributed by atoms with van der Waals surface area (Å²) >= 11 is 0. The molecular weight excluding hydrogens is 442 g/mol. The Morgan fingerprint density at radius 2 is 1.86 bits per heavy atom. The van der Waals surface area contributed by atoms with Crippen LogP contribution in [0.3, 0.4) is 0 Å². The SMILES string of the molecule is COC(=O)c1ccc2c(C(=Nc3ccc(CN(C)C)cc3)c3ccc4c(c3)OCC4)c(O)[nH]c2c1. The molecule has 0 amide bonds. The van der Waals surface area contributed by atoms with E-state index in [0.717, 1.165) is 40.9 Å². The third kappa shape index (κ3) is 4.50. The van der Waals surface area contributed by atoms with E-state index in [2.05, 4.69) is 28.1 Å². The maximum absolute atomic E-state index is 12.0. The summed E-state index contributed by atoms with van der Waals surface area (Å²) in [5, 5.41) is 11.7. The number of esters is 1. The number of benzene rings is 3. The normalized spacial score (nSPS) is 13.2. The highest BCUT2D eigenvalue weighted by atomic mass is 16.5. The molecule has 0 saturated heterocycles. The molecule has 1 aromatic heterocycles. The highest BCUT2D eigenvalue weighted by molar-refractivity contribution is 6.22. The minimum atomic E-state index is -0.440. The Morgan fingerprint density at radius 3 is 2.60 bits per heavy atom. The van der Waals surface area contributed by atoms with Crippen LogP contribution in [0.5, 0.6) is 11.6 Å². The second-order valence-electron chi connectivity index (χ2n) is 8.89. The van der Waals surface area contributed by atoms with Gasteiger partial charge >= 0.3 is 5.97 Å². The number of aromatic amines is 1. The van der Waals surface area contributed by atoms with E-state index in [0.29, 0.717) is 29.0 Å². The number of rotatable bonds is 6. The summed E-state index contributed by atoms with van der Waals surface area (Å²) in [6.07, 6.45) is 0.879. The maximum atomic E-state index is 12.0. The van der Waals surface area contributed by atoms with Crippen LogP contribution in [0, 0.1) is 0 Å². The number of aromatic hydroxyl groups is 1. The zero-order valence-corrected chi connectivity index (χ0v) is 20.0. The number of ether oxygens (including phenoxy) is 2. The van der Waals surface area contributed by atoms with Gasteiger partial charge in [-0.2, -0.15) is 0 Å². The molecule has 1 aliphatic rings. The second-order valence-corrected chi connectivity index (χ2v) is 8.89. The molecule has 2 N–H and O–H groups in total. The van der Waals surface area contributed by atoms with E-state index in [-0.39, 0.29) is 5.88 Å². The van der Waals surface area contributed by atoms with Gasteiger partial charge in [-0.25, -0.2) is 9.79 Å².